The van der Waals surface area contributed by atoms with Crippen molar-refractivity contribution in [1.82, 2.24) is 15.0 Å². The molecule has 0 saturated carbocycles. The molecule has 136 valence electrons. The molecule has 2 aromatic rings. The zero-order valence-electron chi connectivity index (χ0n) is 17.1. The Morgan fingerprint density at radius 3 is 2.67 bits per heavy atom. The molecule has 0 amide bonds. The highest BCUT2D eigenvalue weighted by Gasteiger charge is 2.39. The fourth-order valence-electron chi connectivity index (χ4n) is 4.99. The number of hydrogen-bond acceptors (Lipinski definition) is 3. The van der Waals surface area contributed by atoms with E-state index in [2.05, 4.69) is 93.5 Å². The van der Waals surface area contributed by atoms with Crippen molar-refractivity contribution in [1.29, 1.82) is 0 Å². The average Bonchev–Trinajstić information content (AvgIpc) is 2.67. The summed E-state index contributed by atoms with van der Waals surface area (Å²) in [6, 6.07) is 13.7. The van der Waals surface area contributed by atoms with Crippen LogP contribution in [0.3, 0.4) is 0 Å². The summed E-state index contributed by atoms with van der Waals surface area (Å²) >= 11 is 0. The molecule has 0 aromatic heterocycles. The van der Waals surface area contributed by atoms with Crippen LogP contribution in [-0.4, -0.2) is 26.8 Å². The normalized spacial score (nSPS) is 19.7. The molecule has 2 aromatic carbocycles. The predicted molar refractivity (Wildman–Crippen MR) is 118 cm³/mol. The van der Waals surface area contributed by atoms with Gasteiger partial charge in [-0.05, 0) is 66.0 Å². The maximum absolute atomic E-state index is 3.39. The quantitative estimate of drug-likeness (QED) is 0.826. The SMILES string of the molecule is CCc1cccc2c1CC(C)c1c-2cccc1C(C)(C)N1[B]N[B]NB1C. The van der Waals surface area contributed by atoms with Crippen molar-refractivity contribution < 1.29 is 0 Å². The highest BCUT2D eigenvalue weighted by atomic mass is 15.2. The molecule has 1 atom stereocenters. The summed E-state index contributed by atoms with van der Waals surface area (Å²) in [5.74, 6) is 0.517. The third-order valence-corrected chi connectivity index (χ3v) is 6.40. The zero-order chi connectivity index (χ0) is 19.2. The predicted octanol–water partition coefficient (Wildman–Crippen LogP) is 3.49. The number of nitrogens with one attached hydrogen (secondary N) is 2. The van der Waals surface area contributed by atoms with Gasteiger partial charge < -0.3 is 15.0 Å². The first kappa shape index (κ1) is 18.9. The number of nitrogens with zero attached hydrogens (tertiary/aromatic N) is 1. The molecule has 2 radical (unpaired) electrons. The Labute approximate surface area is 166 Å². The van der Waals surface area contributed by atoms with Crippen LogP contribution in [0.25, 0.3) is 11.1 Å². The summed E-state index contributed by atoms with van der Waals surface area (Å²) in [4.78, 5) is 0. The smallest absolute Gasteiger partial charge is 0.288 e. The minimum atomic E-state index is -0.118. The lowest BCUT2D eigenvalue weighted by Crippen LogP contribution is -2.68. The van der Waals surface area contributed by atoms with E-state index in [9.17, 15) is 0 Å². The van der Waals surface area contributed by atoms with E-state index >= 15 is 0 Å². The van der Waals surface area contributed by atoms with Crippen molar-refractivity contribution >= 4 is 22.1 Å². The average molecular weight is 355 g/mol. The van der Waals surface area contributed by atoms with Gasteiger partial charge in [-0.25, -0.2) is 0 Å². The second-order valence-electron chi connectivity index (χ2n) is 8.42. The van der Waals surface area contributed by atoms with E-state index in [1.54, 1.807) is 5.56 Å². The fourth-order valence-corrected chi connectivity index (χ4v) is 4.99. The number of hydrogen-bond donors (Lipinski definition) is 2. The lowest BCUT2D eigenvalue weighted by molar-refractivity contribution is 0.334. The first-order valence-electron chi connectivity index (χ1n) is 10.1. The Morgan fingerprint density at radius 2 is 1.93 bits per heavy atom. The second kappa shape index (κ2) is 7.16. The molecule has 1 aliphatic carbocycles. The first-order valence-corrected chi connectivity index (χ1v) is 10.1. The minimum absolute atomic E-state index is 0.118. The van der Waals surface area contributed by atoms with Gasteiger partial charge in [-0.1, -0.05) is 57.1 Å². The molecule has 3 nitrogen and oxygen atoms in total. The van der Waals surface area contributed by atoms with E-state index in [-0.39, 0.29) is 12.5 Å². The lowest BCUT2D eigenvalue weighted by atomic mass is 9.59. The first-order chi connectivity index (χ1) is 12.9. The van der Waals surface area contributed by atoms with E-state index in [1.165, 1.54) is 27.8 Å². The Morgan fingerprint density at radius 1 is 1.19 bits per heavy atom. The monoisotopic (exact) mass is 355 g/mol. The molecule has 1 fully saturated rings. The molecule has 2 aliphatic rings. The van der Waals surface area contributed by atoms with Crippen molar-refractivity contribution in [3.05, 3.63) is 58.7 Å². The van der Waals surface area contributed by atoms with E-state index in [1.807, 2.05) is 7.55 Å². The van der Waals surface area contributed by atoms with Crippen LogP contribution in [0.2, 0.25) is 6.82 Å². The molecule has 6 heteroatoms. The van der Waals surface area contributed by atoms with Gasteiger partial charge in [0.25, 0.3) is 22.1 Å². The molecular formula is C21H28B3N3. The number of fused-ring (bicyclic) bond motifs is 3. The third-order valence-electron chi connectivity index (χ3n) is 6.40. The Kier molecular flexibility index (Phi) is 5.00. The number of aryl methyl sites for hydroxylation is 1. The highest BCUT2D eigenvalue weighted by molar-refractivity contribution is 6.74. The molecule has 4 rings (SSSR count). The Bertz CT molecular complexity index is 853. The molecule has 1 aliphatic heterocycles. The topological polar surface area (TPSA) is 27.3 Å². The zero-order valence-corrected chi connectivity index (χ0v) is 17.1. The van der Waals surface area contributed by atoms with Crippen molar-refractivity contribution in [2.75, 3.05) is 0 Å². The number of benzene rings is 2. The minimum Gasteiger partial charge on any atom is -0.379 e. The molecule has 27 heavy (non-hydrogen) atoms. The van der Waals surface area contributed by atoms with E-state index < -0.39 is 0 Å². The van der Waals surface area contributed by atoms with Crippen molar-refractivity contribution in [3.8, 4) is 11.1 Å². The van der Waals surface area contributed by atoms with Gasteiger partial charge in [0.15, 0.2) is 0 Å². The molecule has 1 unspecified atom stereocenters. The van der Waals surface area contributed by atoms with Crippen LogP contribution in [-0.2, 0) is 18.4 Å². The summed E-state index contributed by atoms with van der Waals surface area (Å²) in [7, 11) is 4.00. The van der Waals surface area contributed by atoms with Crippen LogP contribution < -0.4 is 10.3 Å². The molecular weight excluding hydrogens is 327 g/mol. The third kappa shape index (κ3) is 3.08. The van der Waals surface area contributed by atoms with Gasteiger partial charge >= 0.3 is 0 Å². The van der Waals surface area contributed by atoms with Crippen molar-refractivity contribution in [2.24, 2.45) is 0 Å². The van der Waals surface area contributed by atoms with Crippen LogP contribution in [0, 0.1) is 0 Å². The van der Waals surface area contributed by atoms with Gasteiger partial charge in [-0.2, -0.15) is 0 Å². The van der Waals surface area contributed by atoms with Crippen LogP contribution in [0.1, 0.15) is 55.9 Å². The van der Waals surface area contributed by atoms with Gasteiger partial charge in [0.1, 0.15) is 0 Å². The Balaban J connectivity index is 1.86. The van der Waals surface area contributed by atoms with Gasteiger partial charge in [0.05, 0.1) is 0 Å². The van der Waals surface area contributed by atoms with Crippen LogP contribution in [0.15, 0.2) is 36.4 Å². The molecule has 2 N–H and O–H groups in total. The highest BCUT2D eigenvalue weighted by Crippen LogP contribution is 2.45. The molecule has 0 spiro atoms. The van der Waals surface area contributed by atoms with Crippen LogP contribution in [0.5, 0.6) is 0 Å². The fraction of sp³-hybridized carbons (Fsp3) is 0.429. The second-order valence-corrected chi connectivity index (χ2v) is 8.42. The van der Waals surface area contributed by atoms with Gasteiger partial charge in [0.2, 0.25) is 0 Å². The van der Waals surface area contributed by atoms with Crippen molar-refractivity contribution in [2.45, 2.75) is 58.8 Å². The maximum atomic E-state index is 3.39. The summed E-state index contributed by atoms with van der Waals surface area (Å²) in [6.07, 6.45) is 2.23. The van der Waals surface area contributed by atoms with Crippen molar-refractivity contribution in [3.63, 3.8) is 0 Å². The summed E-state index contributed by atoms with van der Waals surface area (Å²) < 4.78 is 2.38. The molecule has 1 saturated heterocycles. The van der Waals surface area contributed by atoms with Gasteiger partial charge in [-0.3, -0.25) is 0 Å². The van der Waals surface area contributed by atoms with Crippen LogP contribution in [0.4, 0.5) is 0 Å². The largest absolute Gasteiger partial charge is 0.379 e. The van der Waals surface area contributed by atoms with Crippen LogP contribution >= 0.6 is 0 Å². The van der Waals surface area contributed by atoms with E-state index in [4.69, 9.17) is 0 Å². The summed E-state index contributed by atoms with van der Waals surface area (Å²) in [6.45, 7) is 11.8. The van der Waals surface area contributed by atoms with Gasteiger partial charge in [-0.15, -0.1) is 0 Å². The lowest BCUT2D eigenvalue weighted by Gasteiger charge is -2.46. The number of rotatable bonds is 3. The van der Waals surface area contributed by atoms with E-state index in [0.717, 1.165) is 12.8 Å². The molecule has 1 heterocycles. The molecule has 0 bridgehead atoms. The van der Waals surface area contributed by atoms with E-state index in [0.29, 0.717) is 5.92 Å². The van der Waals surface area contributed by atoms with Gasteiger partial charge in [0, 0.05) is 5.54 Å². The standard InChI is InChI=1S/C21H28B3N3/c1-6-15-9-7-10-16-17-11-8-12-19(20(17)14(2)13-18(15)16)21(3,4)27-23-25-22-26-24(27)5/h7-12,14,25-26H,6,13H2,1-5H3. The Hall–Kier alpha value is -1.49. The summed E-state index contributed by atoms with van der Waals surface area (Å²) in [5.41, 5.74) is 8.71. The summed E-state index contributed by atoms with van der Waals surface area (Å²) in [5, 5.41) is 6.62. The maximum Gasteiger partial charge on any atom is 0.288 e.